The van der Waals surface area contributed by atoms with Gasteiger partial charge in [0.25, 0.3) is 0 Å². The van der Waals surface area contributed by atoms with Crippen molar-refractivity contribution in [2.75, 3.05) is 11.5 Å². The Morgan fingerprint density at radius 3 is 2.92 bits per heavy atom. The highest BCUT2D eigenvalue weighted by atomic mass is 32.2. The number of aromatic nitrogens is 2. The second-order valence-corrected chi connectivity index (χ2v) is 4.05. The lowest BCUT2D eigenvalue weighted by atomic mass is 10.1. The number of carbonyl (C=O) groups excluding carboxylic acids is 1. The number of hydrogen-bond acceptors (Lipinski definition) is 3. The Morgan fingerprint density at radius 2 is 2.50 bits per heavy atom. The van der Waals surface area contributed by atoms with Crippen molar-refractivity contribution in [2.45, 2.75) is 0 Å². The van der Waals surface area contributed by atoms with Gasteiger partial charge in [-0.15, -0.1) is 0 Å². The Balaban J connectivity index is 2.13. The predicted molar refractivity (Wildman–Crippen MR) is 48.4 cm³/mol. The molecule has 0 radical (unpaired) electrons. The minimum atomic E-state index is 0.203. The molecular weight excluding hydrogens is 172 g/mol. The highest BCUT2D eigenvalue weighted by Crippen LogP contribution is 2.27. The van der Waals surface area contributed by atoms with E-state index in [1.165, 1.54) is 0 Å². The lowest BCUT2D eigenvalue weighted by molar-refractivity contribution is 0.0933. The summed E-state index contributed by atoms with van der Waals surface area (Å²) in [5.74, 6) is 2.37. The normalized spacial score (nSPS) is 17.4. The van der Waals surface area contributed by atoms with E-state index in [0.29, 0.717) is 5.69 Å². The Hall–Kier alpha value is -0.770. The fraction of sp³-hybridized carbons (Fsp3) is 0.500. The second-order valence-electron chi connectivity index (χ2n) is 2.97. The number of carbonyl (C=O) groups is 1. The number of Topliss-reactive ketones (excluding diaryl/α,β-unsaturated/α-hetero) is 1. The molecule has 0 aliphatic carbocycles. The summed E-state index contributed by atoms with van der Waals surface area (Å²) in [6, 6.07) is 1.78. The number of nitrogens with zero attached hydrogens (tertiary/aromatic N) is 2. The van der Waals surface area contributed by atoms with Crippen LogP contribution in [0.25, 0.3) is 0 Å². The zero-order valence-electron chi connectivity index (χ0n) is 6.86. The van der Waals surface area contributed by atoms with Crippen molar-refractivity contribution in [3.8, 4) is 0 Å². The maximum atomic E-state index is 11.6. The van der Waals surface area contributed by atoms with Gasteiger partial charge >= 0.3 is 0 Å². The molecule has 0 aromatic carbocycles. The van der Waals surface area contributed by atoms with Gasteiger partial charge in [0.1, 0.15) is 5.69 Å². The molecule has 64 valence electrons. The summed E-state index contributed by atoms with van der Waals surface area (Å²) < 4.78 is 1.67. The Kier molecular flexibility index (Phi) is 1.92. The van der Waals surface area contributed by atoms with Gasteiger partial charge < -0.3 is 0 Å². The van der Waals surface area contributed by atoms with E-state index in [2.05, 4.69) is 5.10 Å². The average molecular weight is 182 g/mol. The summed E-state index contributed by atoms with van der Waals surface area (Å²) >= 11 is 1.82. The molecule has 4 heteroatoms. The molecular formula is C8H10N2OS. The molecule has 1 aromatic rings. The average Bonchev–Trinajstić information content (AvgIpc) is 2.31. The molecule has 2 rings (SSSR count). The van der Waals surface area contributed by atoms with E-state index in [9.17, 15) is 4.79 Å². The zero-order chi connectivity index (χ0) is 8.55. The highest BCUT2D eigenvalue weighted by Gasteiger charge is 2.28. The Morgan fingerprint density at radius 1 is 1.75 bits per heavy atom. The third-order valence-electron chi connectivity index (χ3n) is 1.97. The van der Waals surface area contributed by atoms with Gasteiger partial charge in [-0.25, -0.2) is 0 Å². The number of rotatable bonds is 2. The van der Waals surface area contributed by atoms with E-state index < -0.39 is 0 Å². The van der Waals surface area contributed by atoms with Crippen molar-refractivity contribution >= 4 is 17.5 Å². The van der Waals surface area contributed by atoms with Gasteiger partial charge in [0.05, 0.1) is 0 Å². The van der Waals surface area contributed by atoms with Crippen LogP contribution in [0.3, 0.4) is 0 Å². The van der Waals surface area contributed by atoms with Gasteiger partial charge in [-0.05, 0) is 6.07 Å². The molecule has 3 nitrogen and oxygen atoms in total. The molecule has 2 heterocycles. The third kappa shape index (κ3) is 1.27. The first-order valence-corrected chi connectivity index (χ1v) is 5.04. The Labute approximate surface area is 75.1 Å². The van der Waals surface area contributed by atoms with Crippen LogP contribution < -0.4 is 0 Å². The topological polar surface area (TPSA) is 34.9 Å². The lowest BCUT2D eigenvalue weighted by Crippen LogP contribution is -2.27. The minimum Gasteiger partial charge on any atom is -0.292 e. The van der Waals surface area contributed by atoms with Crippen LogP contribution in [0.2, 0.25) is 0 Å². The fourth-order valence-electron chi connectivity index (χ4n) is 1.14. The van der Waals surface area contributed by atoms with Gasteiger partial charge in [-0.2, -0.15) is 16.9 Å². The zero-order valence-corrected chi connectivity index (χ0v) is 7.67. The van der Waals surface area contributed by atoms with Crippen LogP contribution in [0.15, 0.2) is 12.3 Å². The second kappa shape index (κ2) is 2.94. The number of hydrogen-bond donors (Lipinski definition) is 0. The van der Waals surface area contributed by atoms with Crippen molar-refractivity contribution < 1.29 is 4.79 Å². The van der Waals surface area contributed by atoms with Gasteiger partial charge in [-0.1, -0.05) is 0 Å². The van der Waals surface area contributed by atoms with E-state index >= 15 is 0 Å². The number of aryl methyl sites for hydroxylation is 1. The number of ketones is 1. The summed E-state index contributed by atoms with van der Waals surface area (Å²) in [4.78, 5) is 11.6. The standard InChI is InChI=1S/C8H10N2OS/c1-10-3-2-7(9-10)8(11)6-4-12-5-6/h2-3,6H,4-5H2,1H3. The smallest absolute Gasteiger partial charge is 0.187 e. The maximum Gasteiger partial charge on any atom is 0.187 e. The first-order chi connectivity index (χ1) is 5.77. The van der Waals surface area contributed by atoms with Gasteiger partial charge in [0.2, 0.25) is 0 Å². The van der Waals surface area contributed by atoms with Gasteiger partial charge in [0.15, 0.2) is 5.78 Å². The molecule has 0 N–H and O–H groups in total. The van der Waals surface area contributed by atoms with Crippen molar-refractivity contribution in [1.82, 2.24) is 9.78 Å². The molecule has 0 saturated carbocycles. The summed E-state index contributed by atoms with van der Waals surface area (Å²) in [5.41, 5.74) is 0.614. The van der Waals surface area contributed by atoms with Crippen molar-refractivity contribution in [2.24, 2.45) is 13.0 Å². The SMILES string of the molecule is Cn1ccc(C(=O)C2CSC2)n1. The first-order valence-electron chi connectivity index (χ1n) is 3.89. The van der Waals surface area contributed by atoms with Gasteiger partial charge in [-0.3, -0.25) is 9.48 Å². The van der Waals surface area contributed by atoms with Crippen LogP contribution in [0.5, 0.6) is 0 Å². The molecule has 0 bridgehead atoms. The van der Waals surface area contributed by atoms with E-state index in [4.69, 9.17) is 0 Å². The molecule has 1 aromatic heterocycles. The lowest BCUT2D eigenvalue weighted by Gasteiger charge is -2.21. The van der Waals surface area contributed by atoms with Crippen molar-refractivity contribution in [3.63, 3.8) is 0 Å². The highest BCUT2D eigenvalue weighted by molar-refractivity contribution is 8.00. The maximum absolute atomic E-state index is 11.6. The molecule has 0 spiro atoms. The van der Waals surface area contributed by atoms with Crippen LogP contribution in [-0.2, 0) is 7.05 Å². The van der Waals surface area contributed by atoms with Crippen molar-refractivity contribution in [1.29, 1.82) is 0 Å². The van der Waals surface area contributed by atoms with Crippen LogP contribution in [0, 0.1) is 5.92 Å². The first kappa shape index (κ1) is 7.86. The summed E-state index contributed by atoms with van der Waals surface area (Å²) in [5, 5.41) is 4.07. The molecule has 1 aliphatic rings. The quantitative estimate of drug-likeness (QED) is 0.639. The summed E-state index contributed by atoms with van der Waals surface area (Å²) in [6.45, 7) is 0. The predicted octanol–water partition coefficient (Wildman–Crippen LogP) is 0.966. The summed E-state index contributed by atoms with van der Waals surface area (Å²) in [7, 11) is 1.83. The Bertz CT molecular complexity index is 304. The molecule has 1 aliphatic heterocycles. The van der Waals surface area contributed by atoms with Crippen LogP contribution in [-0.4, -0.2) is 27.1 Å². The van der Waals surface area contributed by atoms with E-state index in [0.717, 1.165) is 11.5 Å². The fourth-order valence-corrected chi connectivity index (χ4v) is 1.92. The largest absolute Gasteiger partial charge is 0.292 e. The van der Waals surface area contributed by atoms with Gasteiger partial charge in [0, 0.05) is 30.7 Å². The third-order valence-corrected chi connectivity index (χ3v) is 3.25. The molecule has 0 amide bonds. The summed E-state index contributed by atoms with van der Waals surface area (Å²) in [6.07, 6.45) is 1.80. The molecule has 12 heavy (non-hydrogen) atoms. The van der Waals surface area contributed by atoms with Crippen LogP contribution >= 0.6 is 11.8 Å². The van der Waals surface area contributed by atoms with E-state index in [-0.39, 0.29) is 11.7 Å². The van der Waals surface area contributed by atoms with E-state index in [1.807, 2.05) is 18.8 Å². The number of thioether (sulfide) groups is 1. The monoisotopic (exact) mass is 182 g/mol. The minimum absolute atomic E-state index is 0.203. The molecule has 0 unspecified atom stereocenters. The van der Waals surface area contributed by atoms with Crippen molar-refractivity contribution in [3.05, 3.63) is 18.0 Å². The molecule has 1 saturated heterocycles. The molecule has 0 atom stereocenters. The van der Waals surface area contributed by atoms with Crippen LogP contribution in [0.1, 0.15) is 10.5 Å². The molecule has 1 fully saturated rings. The van der Waals surface area contributed by atoms with Crippen LogP contribution in [0.4, 0.5) is 0 Å². The van der Waals surface area contributed by atoms with E-state index in [1.54, 1.807) is 16.9 Å².